The summed E-state index contributed by atoms with van der Waals surface area (Å²) >= 11 is 12.3. The lowest BCUT2D eigenvalue weighted by molar-refractivity contribution is 0.0157. The highest BCUT2D eigenvalue weighted by Crippen LogP contribution is 2.31. The Morgan fingerprint density at radius 3 is 2.77 bits per heavy atom. The lowest BCUT2D eigenvalue weighted by Gasteiger charge is -2.30. The minimum absolute atomic E-state index is 0.213. The molecule has 136 valence electrons. The summed E-state index contributed by atoms with van der Waals surface area (Å²) in [6.07, 6.45) is 5.51. The molecule has 2 aromatic heterocycles. The van der Waals surface area contributed by atoms with Gasteiger partial charge in [-0.15, -0.1) is 0 Å². The van der Waals surface area contributed by atoms with E-state index < -0.39 is 5.60 Å². The maximum Gasteiger partial charge on any atom is 0.137 e. The van der Waals surface area contributed by atoms with E-state index in [1.165, 1.54) is 6.33 Å². The Labute approximate surface area is 161 Å². The van der Waals surface area contributed by atoms with Gasteiger partial charge < -0.3 is 10.4 Å². The highest BCUT2D eigenvalue weighted by atomic mass is 35.5. The molecule has 1 atom stereocenters. The van der Waals surface area contributed by atoms with Crippen molar-refractivity contribution in [3.05, 3.63) is 76.6 Å². The summed E-state index contributed by atoms with van der Waals surface area (Å²) in [7, 11) is 0. The van der Waals surface area contributed by atoms with Crippen molar-refractivity contribution < 1.29 is 5.11 Å². The van der Waals surface area contributed by atoms with Crippen LogP contribution in [0.3, 0.4) is 0 Å². The van der Waals surface area contributed by atoms with Crippen molar-refractivity contribution in [2.24, 2.45) is 0 Å². The average Bonchev–Trinajstić information content (AvgIpc) is 3.12. The van der Waals surface area contributed by atoms with Crippen molar-refractivity contribution >= 4 is 23.2 Å². The van der Waals surface area contributed by atoms with Crippen LogP contribution in [0.2, 0.25) is 10.0 Å². The monoisotopic (exact) mass is 391 g/mol. The Kier molecular flexibility index (Phi) is 6.21. The standard InChI is InChI=1S/C18H19Cl2N5O/c19-14-4-5-16(17(20)9-14)18(26,11-25-13-22-12-24-25)10-21-8-6-15-3-1-2-7-23-15/h1-5,7,9,12-13,21,26H,6,8,10-11H2. The second-order valence-corrected chi connectivity index (χ2v) is 6.84. The molecular weight excluding hydrogens is 373 g/mol. The molecule has 3 rings (SSSR count). The Morgan fingerprint density at radius 2 is 2.08 bits per heavy atom. The largest absolute Gasteiger partial charge is 0.382 e. The molecule has 0 fully saturated rings. The van der Waals surface area contributed by atoms with E-state index in [0.29, 0.717) is 28.7 Å². The zero-order valence-corrected chi connectivity index (χ0v) is 15.5. The molecule has 2 heterocycles. The van der Waals surface area contributed by atoms with Gasteiger partial charge in [0.2, 0.25) is 0 Å². The molecule has 1 aromatic carbocycles. The second-order valence-electron chi connectivity index (χ2n) is 6.00. The fourth-order valence-corrected chi connectivity index (χ4v) is 3.33. The normalized spacial score (nSPS) is 13.5. The zero-order chi connectivity index (χ0) is 18.4. The fourth-order valence-electron chi connectivity index (χ4n) is 2.74. The van der Waals surface area contributed by atoms with Crippen molar-refractivity contribution in [2.75, 3.05) is 13.1 Å². The third kappa shape index (κ3) is 4.80. The highest BCUT2D eigenvalue weighted by molar-refractivity contribution is 6.35. The van der Waals surface area contributed by atoms with Gasteiger partial charge in [-0.1, -0.05) is 35.3 Å². The first-order valence-corrected chi connectivity index (χ1v) is 8.93. The van der Waals surface area contributed by atoms with E-state index in [1.54, 1.807) is 35.4 Å². The van der Waals surface area contributed by atoms with Crippen LogP contribution in [-0.2, 0) is 18.6 Å². The quantitative estimate of drug-likeness (QED) is 0.577. The fraction of sp³-hybridized carbons (Fsp3) is 0.278. The summed E-state index contributed by atoms with van der Waals surface area (Å²) in [5.74, 6) is 0. The van der Waals surface area contributed by atoms with Crippen LogP contribution in [0, 0.1) is 0 Å². The van der Waals surface area contributed by atoms with Gasteiger partial charge in [-0.3, -0.25) is 4.98 Å². The molecule has 0 saturated heterocycles. The van der Waals surface area contributed by atoms with Crippen molar-refractivity contribution in [1.82, 2.24) is 25.1 Å². The number of halogens is 2. The first-order chi connectivity index (χ1) is 12.6. The van der Waals surface area contributed by atoms with Crippen molar-refractivity contribution in [3.63, 3.8) is 0 Å². The van der Waals surface area contributed by atoms with Crippen LogP contribution >= 0.6 is 23.2 Å². The van der Waals surface area contributed by atoms with Crippen LogP contribution in [0.5, 0.6) is 0 Å². The Bertz CT molecular complexity index is 829. The first-order valence-electron chi connectivity index (χ1n) is 8.18. The lowest BCUT2D eigenvalue weighted by atomic mass is 9.93. The number of rotatable bonds is 8. The van der Waals surface area contributed by atoms with Gasteiger partial charge in [-0.2, -0.15) is 5.10 Å². The molecule has 0 saturated carbocycles. The molecule has 0 spiro atoms. The SMILES string of the molecule is OC(CNCCc1ccccn1)(Cn1cncn1)c1ccc(Cl)cc1Cl. The third-order valence-corrected chi connectivity index (χ3v) is 4.57. The smallest absolute Gasteiger partial charge is 0.137 e. The average molecular weight is 392 g/mol. The van der Waals surface area contributed by atoms with E-state index in [1.807, 2.05) is 18.2 Å². The van der Waals surface area contributed by atoms with Crippen LogP contribution < -0.4 is 5.32 Å². The summed E-state index contributed by atoms with van der Waals surface area (Å²) in [4.78, 5) is 8.23. The topological polar surface area (TPSA) is 75.9 Å². The van der Waals surface area contributed by atoms with Gasteiger partial charge in [0.1, 0.15) is 18.3 Å². The van der Waals surface area contributed by atoms with Crippen molar-refractivity contribution in [3.8, 4) is 0 Å². The molecule has 0 radical (unpaired) electrons. The Morgan fingerprint density at radius 1 is 1.19 bits per heavy atom. The zero-order valence-electron chi connectivity index (χ0n) is 14.0. The summed E-state index contributed by atoms with van der Waals surface area (Å²) in [6, 6.07) is 10.9. The lowest BCUT2D eigenvalue weighted by Crippen LogP contribution is -2.42. The predicted octanol–water partition coefficient (Wildman–Crippen LogP) is 2.70. The molecule has 1 unspecified atom stereocenters. The van der Waals surface area contributed by atoms with Crippen LogP contribution in [-0.4, -0.2) is 37.9 Å². The molecule has 2 N–H and O–H groups in total. The Hall–Kier alpha value is -1.99. The molecule has 8 heteroatoms. The van der Waals surface area contributed by atoms with Gasteiger partial charge in [0.05, 0.1) is 6.54 Å². The van der Waals surface area contributed by atoms with E-state index in [-0.39, 0.29) is 6.54 Å². The van der Waals surface area contributed by atoms with Crippen LogP contribution in [0.15, 0.2) is 55.2 Å². The summed E-state index contributed by atoms with van der Waals surface area (Å²) in [5, 5.41) is 19.6. The molecule has 0 bridgehead atoms. The maximum atomic E-state index is 11.3. The van der Waals surface area contributed by atoms with Gasteiger partial charge >= 0.3 is 0 Å². The minimum Gasteiger partial charge on any atom is -0.382 e. The number of benzene rings is 1. The molecule has 0 aliphatic heterocycles. The van der Waals surface area contributed by atoms with Gasteiger partial charge in [0, 0.05) is 47.0 Å². The Balaban J connectivity index is 1.72. The third-order valence-electron chi connectivity index (χ3n) is 4.02. The van der Waals surface area contributed by atoms with Crippen LogP contribution in [0.25, 0.3) is 0 Å². The van der Waals surface area contributed by atoms with E-state index in [9.17, 15) is 5.11 Å². The molecule has 0 aliphatic carbocycles. The molecule has 6 nitrogen and oxygen atoms in total. The predicted molar refractivity (Wildman–Crippen MR) is 101 cm³/mol. The molecule has 26 heavy (non-hydrogen) atoms. The minimum atomic E-state index is -1.26. The highest BCUT2D eigenvalue weighted by Gasteiger charge is 2.32. The van der Waals surface area contributed by atoms with Crippen molar-refractivity contribution in [2.45, 2.75) is 18.6 Å². The van der Waals surface area contributed by atoms with Gasteiger partial charge in [0.15, 0.2) is 0 Å². The number of nitrogens with zero attached hydrogens (tertiary/aromatic N) is 4. The van der Waals surface area contributed by atoms with E-state index in [4.69, 9.17) is 23.2 Å². The van der Waals surface area contributed by atoms with E-state index in [0.717, 1.165) is 12.1 Å². The molecule has 0 aliphatic rings. The van der Waals surface area contributed by atoms with Crippen molar-refractivity contribution in [1.29, 1.82) is 0 Å². The molecular formula is C18H19Cl2N5O. The number of hydrogen-bond acceptors (Lipinski definition) is 5. The number of pyridine rings is 1. The van der Waals surface area contributed by atoms with Crippen LogP contribution in [0.4, 0.5) is 0 Å². The van der Waals surface area contributed by atoms with E-state index in [2.05, 4.69) is 20.4 Å². The summed E-state index contributed by atoms with van der Waals surface area (Å²) in [5.41, 5.74) is 0.313. The van der Waals surface area contributed by atoms with Crippen LogP contribution in [0.1, 0.15) is 11.3 Å². The number of aliphatic hydroxyl groups is 1. The van der Waals surface area contributed by atoms with E-state index >= 15 is 0 Å². The van der Waals surface area contributed by atoms with Gasteiger partial charge in [-0.05, 0) is 24.3 Å². The van der Waals surface area contributed by atoms with Gasteiger partial charge in [-0.25, -0.2) is 9.67 Å². The first kappa shape index (κ1) is 18.8. The number of aromatic nitrogens is 4. The maximum absolute atomic E-state index is 11.3. The number of nitrogens with one attached hydrogen (secondary N) is 1. The second kappa shape index (κ2) is 8.60. The molecule has 3 aromatic rings. The van der Waals surface area contributed by atoms with Gasteiger partial charge in [0.25, 0.3) is 0 Å². The summed E-state index contributed by atoms with van der Waals surface area (Å²) < 4.78 is 1.57. The number of hydrogen-bond donors (Lipinski definition) is 2. The summed E-state index contributed by atoms with van der Waals surface area (Å²) in [6.45, 7) is 1.17. The molecule has 0 amide bonds.